The van der Waals surface area contributed by atoms with Gasteiger partial charge in [0.05, 0.1) is 6.42 Å². The zero-order valence-electron chi connectivity index (χ0n) is 15.5. The molecule has 3 saturated carbocycles. The Labute approximate surface area is 150 Å². The minimum atomic E-state index is -0.722. The standard InChI is InChI=1S/C22H30O3/c1-21-12-10-19-17(18(21)7-4-14(21)5-8-20(24)25)6-3-15-13-16(23)9-11-22(15,19)2/h5,13,17-19H,3-4,6-12H2,1-2H3,(H,24,25)/b14-5+/t17-,18-,19-,21+,22-/m0/s1. The maximum absolute atomic E-state index is 11.9. The van der Waals surface area contributed by atoms with Crippen molar-refractivity contribution < 1.29 is 14.7 Å². The van der Waals surface area contributed by atoms with Gasteiger partial charge in [0.2, 0.25) is 0 Å². The minimum absolute atomic E-state index is 0.165. The van der Waals surface area contributed by atoms with Crippen LogP contribution in [-0.4, -0.2) is 16.9 Å². The second-order valence-corrected chi connectivity index (χ2v) is 9.29. The predicted molar refractivity (Wildman–Crippen MR) is 97.0 cm³/mol. The molecular weight excluding hydrogens is 312 g/mol. The Bertz CT molecular complexity index is 673. The lowest BCUT2D eigenvalue weighted by molar-refractivity contribution is -0.136. The highest BCUT2D eigenvalue weighted by Gasteiger charge is 2.57. The molecule has 0 saturated heterocycles. The molecule has 0 aromatic heterocycles. The first kappa shape index (κ1) is 17.1. The lowest BCUT2D eigenvalue weighted by atomic mass is 9.47. The van der Waals surface area contributed by atoms with Gasteiger partial charge in [0.25, 0.3) is 0 Å². The van der Waals surface area contributed by atoms with Crippen LogP contribution in [0.5, 0.6) is 0 Å². The van der Waals surface area contributed by atoms with Gasteiger partial charge in [0.15, 0.2) is 5.78 Å². The molecule has 0 heterocycles. The highest BCUT2D eigenvalue weighted by atomic mass is 16.4. The van der Waals surface area contributed by atoms with Gasteiger partial charge in [0, 0.05) is 6.42 Å². The van der Waals surface area contributed by atoms with E-state index in [1.807, 2.05) is 12.2 Å². The number of hydrogen-bond donors (Lipinski definition) is 1. The number of fused-ring (bicyclic) bond motifs is 5. The molecule has 1 N–H and O–H groups in total. The Hall–Kier alpha value is -1.38. The van der Waals surface area contributed by atoms with E-state index in [4.69, 9.17) is 5.11 Å². The third-order valence-electron chi connectivity index (χ3n) is 8.33. The van der Waals surface area contributed by atoms with Crippen LogP contribution in [-0.2, 0) is 9.59 Å². The fraction of sp³-hybridized carbons (Fsp3) is 0.727. The summed E-state index contributed by atoms with van der Waals surface area (Å²) in [6, 6.07) is 0. The van der Waals surface area contributed by atoms with Crippen LogP contribution in [0.3, 0.4) is 0 Å². The molecule has 4 rings (SSSR count). The smallest absolute Gasteiger partial charge is 0.307 e. The molecule has 0 aliphatic heterocycles. The summed E-state index contributed by atoms with van der Waals surface area (Å²) < 4.78 is 0. The normalized spacial score (nSPS) is 44.7. The third kappa shape index (κ3) is 2.53. The molecule has 0 radical (unpaired) electrons. The van der Waals surface area contributed by atoms with E-state index in [2.05, 4.69) is 13.8 Å². The molecule has 0 spiro atoms. The summed E-state index contributed by atoms with van der Waals surface area (Å²) in [4.78, 5) is 22.9. The largest absolute Gasteiger partial charge is 0.481 e. The Morgan fingerprint density at radius 3 is 2.64 bits per heavy atom. The van der Waals surface area contributed by atoms with Gasteiger partial charge in [-0.1, -0.05) is 31.1 Å². The summed E-state index contributed by atoms with van der Waals surface area (Å²) in [5, 5.41) is 9.05. The summed E-state index contributed by atoms with van der Waals surface area (Å²) in [7, 11) is 0. The molecule has 25 heavy (non-hydrogen) atoms. The Morgan fingerprint density at radius 2 is 1.88 bits per heavy atom. The number of ketones is 1. The van der Waals surface area contributed by atoms with E-state index >= 15 is 0 Å². The van der Waals surface area contributed by atoms with Crippen LogP contribution in [0, 0.1) is 28.6 Å². The van der Waals surface area contributed by atoms with Crippen molar-refractivity contribution in [1.29, 1.82) is 0 Å². The third-order valence-corrected chi connectivity index (χ3v) is 8.33. The van der Waals surface area contributed by atoms with E-state index in [1.54, 1.807) is 0 Å². The number of carbonyl (C=O) groups excluding carboxylic acids is 1. The van der Waals surface area contributed by atoms with Crippen molar-refractivity contribution in [2.24, 2.45) is 28.6 Å². The van der Waals surface area contributed by atoms with Gasteiger partial charge in [0.1, 0.15) is 0 Å². The number of carbonyl (C=O) groups is 2. The molecule has 3 fully saturated rings. The number of hydrogen-bond acceptors (Lipinski definition) is 2. The molecule has 4 aliphatic rings. The first-order valence-electron chi connectivity index (χ1n) is 10.00. The van der Waals surface area contributed by atoms with Crippen molar-refractivity contribution in [3.05, 3.63) is 23.3 Å². The van der Waals surface area contributed by atoms with Crippen LogP contribution in [0.2, 0.25) is 0 Å². The summed E-state index contributed by atoms with van der Waals surface area (Å²) in [5.74, 6) is 1.75. The molecule has 0 amide bonds. The van der Waals surface area contributed by atoms with Gasteiger partial charge in [-0.3, -0.25) is 9.59 Å². The number of carboxylic acids is 1. The Kier molecular flexibility index (Phi) is 3.97. The fourth-order valence-corrected chi connectivity index (χ4v) is 6.95. The van der Waals surface area contributed by atoms with Crippen molar-refractivity contribution in [1.82, 2.24) is 0 Å². The highest BCUT2D eigenvalue weighted by molar-refractivity contribution is 5.91. The molecular formula is C22H30O3. The maximum atomic E-state index is 11.9. The monoisotopic (exact) mass is 342 g/mol. The van der Waals surface area contributed by atoms with Gasteiger partial charge < -0.3 is 5.11 Å². The van der Waals surface area contributed by atoms with Crippen molar-refractivity contribution >= 4 is 11.8 Å². The first-order chi connectivity index (χ1) is 11.8. The van der Waals surface area contributed by atoms with Crippen LogP contribution in [0.1, 0.15) is 71.6 Å². The van der Waals surface area contributed by atoms with Crippen LogP contribution in [0.15, 0.2) is 23.3 Å². The molecule has 0 aromatic carbocycles. The van der Waals surface area contributed by atoms with E-state index < -0.39 is 5.97 Å². The number of allylic oxidation sites excluding steroid dienone is 2. The highest BCUT2D eigenvalue weighted by Crippen LogP contribution is 2.66. The van der Waals surface area contributed by atoms with Gasteiger partial charge in [-0.25, -0.2) is 0 Å². The zero-order chi connectivity index (χ0) is 17.8. The van der Waals surface area contributed by atoms with E-state index in [1.165, 1.54) is 36.8 Å². The van der Waals surface area contributed by atoms with Crippen LogP contribution < -0.4 is 0 Å². The summed E-state index contributed by atoms with van der Waals surface area (Å²) in [6.07, 6.45) is 12.9. The molecule has 4 aliphatic carbocycles. The van der Waals surface area contributed by atoms with Gasteiger partial charge in [-0.05, 0) is 79.6 Å². The second-order valence-electron chi connectivity index (χ2n) is 9.29. The lowest BCUT2D eigenvalue weighted by Gasteiger charge is -2.57. The van der Waals surface area contributed by atoms with Gasteiger partial charge >= 0.3 is 5.97 Å². The average Bonchev–Trinajstić information content (AvgIpc) is 2.90. The Balaban J connectivity index is 1.62. The predicted octanol–water partition coefficient (Wildman–Crippen LogP) is 4.92. The van der Waals surface area contributed by atoms with Crippen molar-refractivity contribution in [2.75, 3.05) is 0 Å². The van der Waals surface area contributed by atoms with Crippen molar-refractivity contribution in [3.8, 4) is 0 Å². The number of aliphatic carboxylic acids is 1. The molecule has 3 nitrogen and oxygen atoms in total. The molecule has 3 heteroatoms. The van der Waals surface area contributed by atoms with Crippen molar-refractivity contribution in [2.45, 2.75) is 71.6 Å². The lowest BCUT2D eigenvalue weighted by Crippen LogP contribution is -2.49. The first-order valence-corrected chi connectivity index (χ1v) is 10.00. The van der Waals surface area contributed by atoms with E-state index in [-0.39, 0.29) is 17.3 Å². The summed E-state index contributed by atoms with van der Waals surface area (Å²) >= 11 is 0. The quantitative estimate of drug-likeness (QED) is 0.725. The van der Waals surface area contributed by atoms with Crippen LogP contribution in [0.25, 0.3) is 0 Å². The van der Waals surface area contributed by atoms with Crippen LogP contribution >= 0.6 is 0 Å². The summed E-state index contributed by atoms with van der Waals surface area (Å²) in [6.45, 7) is 4.81. The second kappa shape index (κ2) is 5.82. The SMILES string of the molecule is C[C@]12CCC(=O)C=C1CC[C@@H]1[C@@H]2CC[C@]2(C)/C(=C/CC(=O)O)CC[C@@H]12. The van der Waals surface area contributed by atoms with E-state index in [0.29, 0.717) is 17.6 Å². The molecule has 0 unspecified atom stereocenters. The number of carboxylic acid groups (broad SMARTS) is 1. The van der Waals surface area contributed by atoms with Crippen LogP contribution in [0.4, 0.5) is 0 Å². The minimum Gasteiger partial charge on any atom is -0.481 e. The number of rotatable bonds is 2. The maximum Gasteiger partial charge on any atom is 0.307 e. The fourth-order valence-electron chi connectivity index (χ4n) is 6.95. The van der Waals surface area contributed by atoms with Crippen molar-refractivity contribution in [3.63, 3.8) is 0 Å². The topological polar surface area (TPSA) is 54.4 Å². The molecule has 136 valence electrons. The molecule has 0 aromatic rings. The average molecular weight is 342 g/mol. The molecule has 5 atom stereocenters. The molecule has 0 bridgehead atoms. The summed E-state index contributed by atoms with van der Waals surface area (Å²) in [5.41, 5.74) is 3.27. The van der Waals surface area contributed by atoms with E-state index in [9.17, 15) is 9.59 Å². The zero-order valence-corrected chi connectivity index (χ0v) is 15.5. The Morgan fingerprint density at radius 1 is 1.12 bits per heavy atom. The van der Waals surface area contributed by atoms with Gasteiger partial charge in [-0.15, -0.1) is 0 Å². The van der Waals surface area contributed by atoms with Gasteiger partial charge in [-0.2, -0.15) is 0 Å². The van der Waals surface area contributed by atoms with E-state index in [0.717, 1.165) is 31.6 Å².